The third-order valence-electron chi connectivity index (χ3n) is 5.54. The van der Waals surface area contributed by atoms with E-state index in [-0.39, 0.29) is 11.5 Å². The van der Waals surface area contributed by atoms with Crippen molar-refractivity contribution < 1.29 is 14.3 Å². The molecule has 4 nitrogen and oxygen atoms in total. The smallest absolute Gasteiger partial charge is 0.226 e. The zero-order valence-electron chi connectivity index (χ0n) is 13.8. The highest BCUT2D eigenvalue weighted by Gasteiger charge is 2.46. The lowest BCUT2D eigenvalue weighted by Crippen LogP contribution is -2.58. The molecule has 1 amide bonds. The molecule has 2 aliphatic heterocycles. The second-order valence-electron chi connectivity index (χ2n) is 7.15. The molecule has 2 fully saturated rings. The molecular formula is C18H29NO3. The lowest BCUT2D eigenvalue weighted by atomic mass is 9.73. The van der Waals surface area contributed by atoms with E-state index in [9.17, 15) is 4.79 Å². The van der Waals surface area contributed by atoms with Gasteiger partial charge in [-0.2, -0.15) is 0 Å². The van der Waals surface area contributed by atoms with Gasteiger partial charge in [0.05, 0.1) is 12.7 Å². The number of rotatable bonds is 4. The van der Waals surface area contributed by atoms with Gasteiger partial charge in [0.1, 0.15) is 0 Å². The topological polar surface area (TPSA) is 38.8 Å². The predicted molar refractivity (Wildman–Crippen MR) is 85.6 cm³/mol. The van der Waals surface area contributed by atoms with Crippen LogP contribution in [-0.2, 0) is 14.3 Å². The number of nitrogens with zero attached hydrogens (tertiary/aromatic N) is 1. The standard InChI is InChI=1S/C18H29NO3/c1-21-14-18-9-5-11-22-16(18)8-10-19(13-18)17(20)12-15-6-3-2-4-7-15/h6,16H,2-5,7-14H2,1H3/t16-,18+/m0/s1. The van der Waals surface area contributed by atoms with Crippen LogP contribution >= 0.6 is 0 Å². The Morgan fingerprint density at radius 2 is 2.36 bits per heavy atom. The van der Waals surface area contributed by atoms with Crippen LogP contribution < -0.4 is 0 Å². The van der Waals surface area contributed by atoms with Crippen molar-refractivity contribution in [2.24, 2.45) is 5.41 Å². The van der Waals surface area contributed by atoms with Crippen LogP contribution in [0.2, 0.25) is 0 Å². The van der Waals surface area contributed by atoms with Gasteiger partial charge in [-0.3, -0.25) is 4.79 Å². The molecule has 0 aromatic heterocycles. The quantitative estimate of drug-likeness (QED) is 0.750. The molecule has 0 aromatic carbocycles. The molecule has 0 saturated carbocycles. The van der Waals surface area contributed by atoms with Crippen LogP contribution in [0.1, 0.15) is 51.4 Å². The molecule has 3 rings (SSSR count). The van der Waals surface area contributed by atoms with E-state index in [0.717, 1.165) is 51.8 Å². The van der Waals surface area contributed by atoms with Crippen LogP contribution in [0.3, 0.4) is 0 Å². The van der Waals surface area contributed by atoms with Gasteiger partial charge in [0.2, 0.25) is 5.91 Å². The van der Waals surface area contributed by atoms with Crippen molar-refractivity contribution in [1.82, 2.24) is 4.90 Å². The molecule has 0 aromatic rings. The molecule has 2 atom stereocenters. The summed E-state index contributed by atoms with van der Waals surface area (Å²) in [6, 6.07) is 0. The summed E-state index contributed by atoms with van der Waals surface area (Å²) < 4.78 is 11.5. The highest BCUT2D eigenvalue weighted by Crippen LogP contribution is 2.40. The van der Waals surface area contributed by atoms with Crippen LogP contribution in [-0.4, -0.2) is 50.3 Å². The molecule has 3 aliphatic rings. The van der Waals surface area contributed by atoms with Crippen molar-refractivity contribution in [1.29, 1.82) is 0 Å². The van der Waals surface area contributed by atoms with Gasteiger partial charge in [-0.1, -0.05) is 11.6 Å². The minimum absolute atomic E-state index is 0.0157. The number of hydrogen-bond acceptors (Lipinski definition) is 3. The van der Waals surface area contributed by atoms with Gasteiger partial charge in [0, 0.05) is 38.6 Å². The molecular weight excluding hydrogens is 278 g/mol. The summed E-state index contributed by atoms with van der Waals surface area (Å²) in [6.07, 6.45) is 11.1. The first-order valence-corrected chi connectivity index (χ1v) is 8.80. The first-order valence-electron chi connectivity index (χ1n) is 8.80. The van der Waals surface area contributed by atoms with Crippen LogP contribution in [0.4, 0.5) is 0 Å². The van der Waals surface area contributed by atoms with Gasteiger partial charge < -0.3 is 14.4 Å². The van der Waals surface area contributed by atoms with E-state index in [1.54, 1.807) is 7.11 Å². The lowest BCUT2D eigenvalue weighted by molar-refractivity contribution is -0.161. The van der Waals surface area contributed by atoms with E-state index in [1.165, 1.54) is 18.4 Å². The van der Waals surface area contributed by atoms with E-state index in [2.05, 4.69) is 11.0 Å². The van der Waals surface area contributed by atoms with E-state index < -0.39 is 0 Å². The fourth-order valence-electron chi connectivity index (χ4n) is 4.37. The lowest BCUT2D eigenvalue weighted by Gasteiger charge is -2.50. The van der Waals surface area contributed by atoms with Gasteiger partial charge in [-0.25, -0.2) is 0 Å². The van der Waals surface area contributed by atoms with Gasteiger partial charge in [0.25, 0.3) is 0 Å². The normalized spacial score (nSPS) is 32.3. The Morgan fingerprint density at radius 3 is 3.14 bits per heavy atom. The second-order valence-corrected chi connectivity index (χ2v) is 7.15. The van der Waals surface area contributed by atoms with E-state index >= 15 is 0 Å². The number of allylic oxidation sites excluding steroid dienone is 1. The average Bonchev–Trinajstić information content (AvgIpc) is 2.55. The maximum Gasteiger partial charge on any atom is 0.226 e. The first-order chi connectivity index (χ1) is 10.7. The Balaban J connectivity index is 1.64. The predicted octanol–water partition coefficient (Wildman–Crippen LogP) is 2.92. The number of fused-ring (bicyclic) bond motifs is 1. The fraction of sp³-hybridized carbons (Fsp3) is 0.833. The zero-order chi connectivity index (χ0) is 15.4. The molecule has 4 heteroatoms. The molecule has 0 spiro atoms. The summed E-state index contributed by atoms with van der Waals surface area (Å²) in [6.45, 7) is 3.20. The third-order valence-corrected chi connectivity index (χ3v) is 5.54. The maximum atomic E-state index is 12.7. The summed E-state index contributed by atoms with van der Waals surface area (Å²) in [5.74, 6) is 0.299. The largest absolute Gasteiger partial charge is 0.384 e. The number of amides is 1. The van der Waals surface area contributed by atoms with Crippen LogP contribution in [0.15, 0.2) is 11.6 Å². The first kappa shape index (κ1) is 16.0. The summed E-state index contributed by atoms with van der Waals surface area (Å²) in [4.78, 5) is 14.8. The highest BCUT2D eigenvalue weighted by atomic mass is 16.5. The molecule has 0 radical (unpaired) electrons. The number of likely N-dealkylation sites (tertiary alicyclic amines) is 1. The molecule has 124 valence electrons. The van der Waals surface area contributed by atoms with Crippen molar-refractivity contribution in [3.8, 4) is 0 Å². The van der Waals surface area contributed by atoms with Crippen molar-refractivity contribution in [3.05, 3.63) is 11.6 Å². The van der Waals surface area contributed by atoms with Crippen molar-refractivity contribution in [2.75, 3.05) is 33.4 Å². The van der Waals surface area contributed by atoms with Crippen LogP contribution in [0.25, 0.3) is 0 Å². The number of ether oxygens (including phenoxy) is 2. The van der Waals surface area contributed by atoms with Gasteiger partial charge in [-0.15, -0.1) is 0 Å². The number of hydrogen-bond donors (Lipinski definition) is 0. The average molecular weight is 307 g/mol. The van der Waals surface area contributed by atoms with E-state index in [1.807, 2.05) is 0 Å². The van der Waals surface area contributed by atoms with Crippen molar-refractivity contribution in [2.45, 2.75) is 57.5 Å². The zero-order valence-corrected chi connectivity index (χ0v) is 13.8. The summed E-state index contributed by atoms with van der Waals surface area (Å²) in [7, 11) is 1.76. The monoisotopic (exact) mass is 307 g/mol. The van der Waals surface area contributed by atoms with Gasteiger partial charge in [-0.05, 0) is 44.9 Å². The number of carbonyl (C=O) groups is 1. The van der Waals surface area contributed by atoms with E-state index in [0.29, 0.717) is 18.9 Å². The summed E-state index contributed by atoms with van der Waals surface area (Å²) in [5, 5.41) is 0. The third kappa shape index (κ3) is 3.38. The molecule has 0 bridgehead atoms. The molecule has 2 saturated heterocycles. The van der Waals surface area contributed by atoms with Gasteiger partial charge in [0.15, 0.2) is 0 Å². The Kier molecular flexibility index (Phi) is 5.19. The number of carbonyl (C=O) groups excluding carboxylic acids is 1. The minimum atomic E-state index is 0.0157. The van der Waals surface area contributed by atoms with Crippen LogP contribution in [0.5, 0.6) is 0 Å². The number of methoxy groups -OCH3 is 1. The minimum Gasteiger partial charge on any atom is -0.384 e. The summed E-state index contributed by atoms with van der Waals surface area (Å²) in [5.41, 5.74) is 1.36. The fourth-order valence-corrected chi connectivity index (χ4v) is 4.37. The van der Waals surface area contributed by atoms with Crippen molar-refractivity contribution in [3.63, 3.8) is 0 Å². The van der Waals surface area contributed by atoms with Gasteiger partial charge >= 0.3 is 0 Å². The highest BCUT2D eigenvalue weighted by molar-refractivity contribution is 5.79. The second kappa shape index (κ2) is 7.14. The maximum absolute atomic E-state index is 12.7. The molecule has 2 heterocycles. The molecule has 1 aliphatic carbocycles. The van der Waals surface area contributed by atoms with E-state index in [4.69, 9.17) is 9.47 Å². The van der Waals surface area contributed by atoms with Crippen LogP contribution in [0, 0.1) is 5.41 Å². The van der Waals surface area contributed by atoms with Crippen molar-refractivity contribution >= 4 is 5.91 Å². The number of piperidine rings is 1. The Bertz CT molecular complexity index is 430. The summed E-state index contributed by atoms with van der Waals surface area (Å²) >= 11 is 0. The Labute approximate surface area is 133 Å². The SMILES string of the molecule is COC[C@]12CCCO[C@H]1CCN(C(=O)CC1=CCCCC1)C2. The Morgan fingerprint density at radius 1 is 1.45 bits per heavy atom. The Hall–Kier alpha value is -0.870. The molecule has 22 heavy (non-hydrogen) atoms. The molecule has 0 unspecified atom stereocenters. The molecule has 0 N–H and O–H groups in total.